The second-order valence-electron chi connectivity index (χ2n) is 21.0. The van der Waals surface area contributed by atoms with Gasteiger partial charge in [-0.15, -0.1) is 0 Å². The average molecular weight is 943 g/mol. The highest BCUT2D eigenvalue weighted by Gasteiger charge is 2.28. The van der Waals surface area contributed by atoms with Crippen LogP contribution in [-0.2, 0) is 18.4 Å². The van der Waals surface area contributed by atoms with Crippen molar-refractivity contribution in [3.05, 3.63) is 12.2 Å². The van der Waals surface area contributed by atoms with Crippen molar-refractivity contribution in [2.75, 3.05) is 40.9 Å². The molecule has 0 aromatic carbocycles. The zero-order valence-corrected chi connectivity index (χ0v) is 45.2. The first-order valence-electron chi connectivity index (χ1n) is 28.6. The Hall–Kier alpha value is -0.760. The summed E-state index contributed by atoms with van der Waals surface area (Å²) in [5, 5.41) is 13.7. The van der Waals surface area contributed by atoms with Gasteiger partial charge in [0.2, 0.25) is 5.91 Å². The molecule has 0 aromatic rings. The Morgan fingerprint density at radius 1 is 0.508 bits per heavy atom. The van der Waals surface area contributed by atoms with Crippen molar-refractivity contribution in [3.63, 3.8) is 0 Å². The number of nitrogens with zero attached hydrogens (tertiary/aromatic N) is 1. The van der Waals surface area contributed by atoms with E-state index >= 15 is 0 Å². The Kier molecular flexibility index (Phi) is 47.7. The molecule has 0 aliphatic heterocycles. The van der Waals surface area contributed by atoms with E-state index < -0.39 is 20.0 Å². The number of hydrogen-bond donors (Lipinski definition) is 3. The number of phosphoric acid groups is 1. The number of rotatable bonds is 53. The maximum absolute atomic E-state index is 12.8. The van der Waals surface area contributed by atoms with Crippen LogP contribution in [0.2, 0.25) is 0 Å². The van der Waals surface area contributed by atoms with E-state index in [9.17, 15) is 19.4 Å². The number of phosphoric ester groups is 1. The summed E-state index contributed by atoms with van der Waals surface area (Å²) >= 11 is 0. The number of allylic oxidation sites excluding steroid dienone is 2. The van der Waals surface area contributed by atoms with Gasteiger partial charge in [0.25, 0.3) is 0 Å². The molecule has 0 saturated carbocycles. The van der Waals surface area contributed by atoms with Crippen molar-refractivity contribution in [3.8, 4) is 0 Å². The van der Waals surface area contributed by atoms with Crippen LogP contribution in [0.5, 0.6) is 0 Å². The molecule has 9 heteroatoms. The average Bonchev–Trinajstić information content (AvgIpc) is 3.26. The Bertz CT molecular complexity index is 1070. The molecular formula is C56H114N2O6P+. The van der Waals surface area contributed by atoms with Crippen molar-refractivity contribution in [2.45, 2.75) is 302 Å². The molecule has 3 atom stereocenters. The monoisotopic (exact) mass is 942 g/mol. The van der Waals surface area contributed by atoms with E-state index in [0.717, 1.165) is 44.9 Å². The van der Waals surface area contributed by atoms with Gasteiger partial charge in [0.1, 0.15) is 13.2 Å². The van der Waals surface area contributed by atoms with Gasteiger partial charge in [-0.05, 0) is 38.5 Å². The lowest BCUT2D eigenvalue weighted by Gasteiger charge is -2.26. The Balaban J connectivity index is 3.60. The molecular weight excluding hydrogens is 828 g/mol. The van der Waals surface area contributed by atoms with Crippen LogP contribution in [0.4, 0.5) is 0 Å². The van der Waals surface area contributed by atoms with Gasteiger partial charge >= 0.3 is 7.82 Å². The van der Waals surface area contributed by atoms with Gasteiger partial charge in [0.05, 0.1) is 39.9 Å². The topological polar surface area (TPSA) is 105 Å². The van der Waals surface area contributed by atoms with Crippen LogP contribution in [0.25, 0.3) is 0 Å². The Morgan fingerprint density at radius 3 is 1.18 bits per heavy atom. The van der Waals surface area contributed by atoms with Gasteiger partial charge in [0, 0.05) is 6.42 Å². The van der Waals surface area contributed by atoms with E-state index in [1.807, 2.05) is 21.1 Å². The van der Waals surface area contributed by atoms with Gasteiger partial charge in [-0.2, -0.15) is 0 Å². The second kappa shape index (κ2) is 48.3. The minimum absolute atomic E-state index is 0.0764. The third kappa shape index (κ3) is 50.9. The number of aliphatic hydroxyl groups is 1. The third-order valence-corrected chi connectivity index (χ3v) is 14.2. The van der Waals surface area contributed by atoms with Crippen LogP contribution in [-0.4, -0.2) is 73.4 Å². The number of nitrogens with one attached hydrogen (secondary N) is 1. The summed E-state index contributed by atoms with van der Waals surface area (Å²) in [4.78, 5) is 23.0. The molecule has 0 spiro atoms. The molecule has 3 unspecified atom stereocenters. The molecule has 0 bridgehead atoms. The fraction of sp³-hybridized carbons (Fsp3) is 0.946. The van der Waals surface area contributed by atoms with Gasteiger partial charge in [-0.3, -0.25) is 13.8 Å². The zero-order chi connectivity index (χ0) is 47.8. The molecule has 0 saturated heterocycles. The molecule has 0 radical (unpaired) electrons. The van der Waals surface area contributed by atoms with Crippen LogP contribution in [0, 0.1) is 0 Å². The van der Waals surface area contributed by atoms with E-state index in [0.29, 0.717) is 23.9 Å². The van der Waals surface area contributed by atoms with Crippen molar-refractivity contribution in [1.82, 2.24) is 5.32 Å². The highest BCUT2D eigenvalue weighted by Crippen LogP contribution is 2.43. The van der Waals surface area contributed by atoms with Crippen LogP contribution >= 0.6 is 7.82 Å². The van der Waals surface area contributed by atoms with E-state index in [2.05, 4.69) is 31.3 Å². The summed E-state index contributed by atoms with van der Waals surface area (Å²) in [5.41, 5.74) is 0. The fourth-order valence-corrected chi connectivity index (χ4v) is 9.49. The zero-order valence-electron chi connectivity index (χ0n) is 44.3. The Labute approximate surface area is 405 Å². The van der Waals surface area contributed by atoms with Crippen LogP contribution in [0.15, 0.2) is 12.2 Å². The smallest absolute Gasteiger partial charge is 0.391 e. The first-order chi connectivity index (χ1) is 31.5. The highest BCUT2D eigenvalue weighted by molar-refractivity contribution is 7.47. The predicted molar refractivity (Wildman–Crippen MR) is 282 cm³/mol. The molecule has 3 N–H and O–H groups in total. The lowest BCUT2D eigenvalue weighted by molar-refractivity contribution is -0.870. The van der Waals surface area contributed by atoms with Gasteiger partial charge in [0.15, 0.2) is 0 Å². The summed E-state index contributed by atoms with van der Waals surface area (Å²) in [6.45, 7) is 4.79. The number of aliphatic hydroxyl groups excluding tert-OH is 1. The minimum Gasteiger partial charge on any atom is -0.391 e. The number of amides is 1. The van der Waals surface area contributed by atoms with Gasteiger partial charge in [-0.1, -0.05) is 257 Å². The molecule has 1 amide bonds. The molecule has 0 fully saturated rings. The largest absolute Gasteiger partial charge is 0.472 e. The van der Waals surface area contributed by atoms with Crippen molar-refractivity contribution in [1.29, 1.82) is 0 Å². The van der Waals surface area contributed by atoms with Crippen molar-refractivity contribution < 1.29 is 32.9 Å². The van der Waals surface area contributed by atoms with Gasteiger partial charge < -0.3 is 19.8 Å². The van der Waals surface area contributed by atoms with E-state index in [1.165, 1.54) is 218 Å². The lowest BCUT2D eigenvalue weighted by Crippen LogP contribution is -2.46. The van der Waals surface area contributed by atoms with Crippen molar-refractivity contribution >= 4 is 13.7 Å². The molecule has 65 heavy (non-hydrogen) atoms. The molecule has 388 valence electrons. The number of quaternary nitrogens is 1. The normalized spacial score (nSPS) is 14.0. The Morgan fingerprint density at radius 2 is 0.831 bits per heavy atom. The van der Waals surface area contributed by atoms with Gasteiger partial charge in [-0.25, -0.2) is 4.57 Å². The third-order valence-electron chi connectivity index (χ3n) is 13.3. The summed E-state index contributed by atoms with van der Waals surface area (Å²) < 4.78 is 23.4. The number of likely N-dealkylation sites (N-methyl/N-ethyl adjacent to an activating group) is 1. The van der Waals surface area contributed by atoms with E-state index in [1.54, 1.807) is 0 Å². The molecule has 0 aliphatic rings. The maximum Gasteiger partial charge on any atom is 0.472 e. The maximum atomic E-state index is 12.8. The minimum atomic E-state index is -4.29. The molecule has 0 aliphatic carbocycles. The number of carbonyl (C=O) groups is 1. The molecule has 8 nitrogen and oxygen atoms in total. The SMILES string of the molecule is CCCCCCCCCC/C=C\CCCCCCCCCCCCCCCCCCCCCCCCCCCCCC(=O)NC(COP(=O)(O)OCC[N+](C)(C)C)C(O)CCCCCC. The molecule has 0 aromatic heterocycles. The summed E-state index contributed by atoms with van der Waals surface area (Å²) in [5.74, 6) is -0.148. The molecule has 0 heterocycles. The number of hydrogen-bond acceptors (Lipinski definition) is 5. The first-order valence-corrected chi connectivity index (χ1v) is 30.0. The van der Waals surface area contributed by atoms with Crippen LogP contribution in [0.3, 0.4) is 0 Å². The first kappa shape index (κ1) is 64.2. The highest BCUT2D eigenvalue weighted by atomic mass is 31.2. The number of unbranched alkanes of at least 4 members (excludes halogenated alkanes) is 38. The van der Waals surface area contributed by atoms with Crippen LogP contribution < -0.4 is 5.32 Å². The number of carbonyl (C=O) groups excluding carboxylic acids is 1. The summed E-state index contributed by atoms with van der Waals surface area (Å²) in [6, 6.07) is -0.752. The molecule has 0 rings (SSSR count). The van der Waals surface area contributed by atoms with Crippen LogP contribution in [0.1, 0.15) is 290 Å². The van der Waals surface area contributed by atoms with E-state index in [-0.39, 0.29) is 19.1 Å². The summed E-state index contributed by atoms with van der Waals surface area (Å²) in [7, 11) is 1.62. The summed E-state index contributed by atoms with van der Waals surface area (Å²) in [6.07, 6.45) is 59.5. The quantitative estimate of drug-likeness (QED) is 0.0243. The van der Waals surface area contributed by atoms with Crippen molar-refractivity contribution in [2.24, 2.45) is 0 Å². The fourth-order valence-electron chi connectivity index (χ4n) is 8.75. The standard InChI is InChI=1S/C56H113N2O6P/c1-6-8-10-12-13-14-15-16-17-18-19-20-21-22-23-24-25-26-27-28-29-30-31-32-33-34-35-36-37-38-39-40-41-42-43-44-45-46-48-50-56(60)57-54(55(59)49-47-11-9-7-2)53-64-65(61,62)63-52-51-58(3,4)5/h18-19,54-55,59H,6-17,20-53H2,1-5H3,(H-,57,60,61,62)/p+1/b19-18-. The van der Waals surface area contributed by atoms with E-state index in [4.69, 9.17) is 9.05 Å². The predicted octanol–water partition coefficient (Wildman–Crippen LogP) is 17.0. The second-order valence-corrected chi connectivity index (χ2v) is 22.5. The lowest BCUT2D eigenvalue weighted by atomic mass is 10.0.